The van der Waals surface area contributed by atoms with E-state index in [4.69, 9.17) is 0 Å². The van der Waals surface area contributed by atoms with Crippen molar-refractivity contribution < 1.29 is 4.79 Å². The van der Waals surface area contributed by atoms with Gasteiger partial charge in [-0.05, 0) is 30.5 Å². The van der Waals surface area contributed by atoms with Crippen LogP contribution in [-0.4, -0.2) is 5.91 Å². The molecule has 1 rings (SSSR count). The van der Waals surface area contributed by atoms with Crippen molar-refractivity contribution in [1.29, 1.82) is 0 Å². The molecule has 1 aromatic carbocycles. The van der Waals surface area contributed by atoms with E-state index in [1.807, 2.05) is 18.2 Å². The third-order valence-corrected chi connectivity index (χ3v) is 2.51. The van der Waals surface area contributed by atoms with Crippen molar-refractivity contribution in [3.63, 3.8) is 0 Å². The van der Waals surface area contributed by atoms with Gasteiger partial charge in [0.25, 0.3) is 0 Å². The van der Waals surface area contributed by atoms with Crippen LogP contribution in [0.4, 0.5) is 5.69 Å². The maximum atomic E-state index is 11.2. The van der Waals surface area contributed by atoms with Crippen molar-refractivity contribution in [3.8, 4) is 0 Å². The number of benzene rings is 1. The SMILES string of the molecule is C=CC(=O)Nc1ccccc1CCCCC. The lowest BCUT2D eigenvalue weighted by atomic mass is 10.1. The van der Waals surface area contributed by atoms with Crippen LogP contribution in [-0.2, 0) is 11.2 Å². The Hall–Kier alpha value is -1.57. The molecule has 0 unspecified atom stereocenters. The quantitative estimate of drug-likeness (QED) is 0.573. The number of carbonyl (C=O) groups excluding carboxylic acids is 1. The molecule has 0 aromatic heterocycles. The predicted molar refractivity (Wildman–Crippen MR) is 68.5 cm³/mol. The summed E-state index contributed by atoms with van der Waals surface area (Å²) in [4.78, 5) is 11.2. The molecule has 1 amide bonds. The lowest BCUT2D eigenvalue weighted by molar-refractivity contribution is -0.111. The van der Waals surface area contributed by atoms with Crippen molar-refractivity contribution in [1.82, 2.24) is 0 Å². The molecule has 2 heteroatoms. The van der Waals surface area contributed by atoms with Gasteiger partial charge in [0, 0.05) is 5.69 Å². The number of rotatable bonds is 6. The fourth-order valence-electron chi connectivity index (χ4n) is 1.61. The lowest BCUT2D eigenvalue weighted by Crippen LogP contribution is -2.09. The summed E-state index contributed by atoms with van der Waals surface area (Å²) in [6.07, 6.45) is 5.91. The Morgan fingerprint density at radius 3 is 2.81 bits per heavy atom. The molecule has 0 aliphatic heterocycles. The first-order valence-corrected chi connectivity index (χ1v) is 5.79. The Kier molecular flexibility index (Phi) is 5.34. The first-order valence-electron chi connectivity index (χ1n) is 5.79. The van der Waals surface area contributed by atoms with Crippen molar-refractivity contribution in [2.75, 3.05) is 5.32 Å². The molecule has 0 atom stereocenters. The van der Waals surface area contributed by atoms with Crippen molar-refractivity contribution in [2.24, 2.45) is 0 Å². The molecule has 0 saturated carbocycles. The van der Waals surface area contributed by atoms with Gasteiger partial charge < -0.3 is 5.32 Å². The van der Waals surface area contributed by atoms with Crippen LogP contribution in [0.2, 0.25) is 0 Å². The summed E-state index contributed by atoms with van der Waals surface area (Å²) in [7, 11) is 0. The molecule has 0 bridgehead atoms. The summed E-state index contributed by atoms with van der Waals surface area (Å²) in [5.74, 6) is -0.150. The van der Waals surface area contributed by atoms with E-state index in [2.05, 4.69) is 24.9 Å². The fourth-order valence-corrected chi connectivity index (χ4v) is 1.61. The molecule has 0 fully saturated rings. The zero-order chi connectivity index (χ0) is 11.8. The zero-order valence-corrected chi connectivity index (χ0v) is 9.83. The van der Waals surface area contributed by atoms with E-state index in [0.717, 1.165) is 18.5 Å². The second-order valence-corrected chi connectivity index (χ2v) is 3.81. The minimum Gasteiger partial charge on any atom is -0.322 e. The number of hydrogen-bond donors (Lipinski definition) is 1. The zero-order valence-electron chi connectivity index (χ0n) is 9.83. The molecule has 0 aliphatic carbocycles. The van der Waals surface area contributed by atoms with Gasteiger partial charge in [-0.3, -0.25) is 4.79 Å². The topological polar surface area (TPSA) is 29.1 Å². The normalized spacial score (nSPS) is 9.81. The summed E-state index contributed by atoms with van der Waals surface area (Å²) in [6, 6.07) is 7.93. The molecule has 0 aliphatic rings. The first-order chi connectivity index (χ1) is 7.77. The highest BCUT2D eigenvalue weighted by Crippen LogP contribution is 2.17. The summed E-state index contributed by atoms with van der Waals surface area (Å²) < 4.78 is 0. The highest BCUT2D eigenvalue weighted by Gasteiger charge is 2.03. The van der Waals surface area contributed by atoms with Gasteiger partial charge in [-0.2, -0.15) is 0 Å². The van der Waals surface area contributed by atoms with Crippen LogP contribution in [0.1, 0.15) is 31.7 Å². The van der Waals surface area contributed by atoms with Gasteiger partial charge in [-0.25, -0.2) is 0 Å². The molecule has 0 saturated heterocycles. The number of hydrogen-bond acceptors (Lipinski definition) is 1. The molecule has 2 nitrogen and oxygen atoms in total. The number of anilines is 1. The molecule has 0 heterocycles. The highest BCUT2D eigenvalue weighted by atomic mass is 16.1. The molecular formula is C14H19NO. The van der Waals surface area contributed by atoms with E-state index in [1.165, 1.54) is 24.5 Å². The minimum atomic E-state index is -0.150. The van der Waals surface area contributed by atoms with E-state index in [0.29, 0.717) is 0 Å². The van der Waals surface area contributed by atoms with Crippen molar-refractivity contribution >= 4 is 11.6 Å². The van der Waals surface area contributed by atoms with Crippen LogP contribution in [0, 0.1) is 0 Å². The van der Waals surface area contributed by atoms with E-state index in [1.54, 1.807) is 0 Å². The third kappa shape index (κ3) is 3.89. The number of amides is 1. The maximum Gasteiger partial charge on any atom is 0.247 e. The second kappa shape index (κ2) is 6.83. The van der Waals surface area contributed by atoms with Gasteiger partial charge in [0.2, 0.25) is 5.91 Å². The smallest absolute Gasteiger partial charge is 0.247 e. The lowest BCUT2D eigenvalue weighted by Gasteiger charge is -2.09. The first kappa shape index (κ1) is 12.5. The number of unbranched alkanes of at least 4 members (excludes halogenated alkanes) is 2. The van der Waals surface area contributed by atoms with Crippen LogP contribution in [0.5, 0.6) is 0 Å². The average molecular weight is 217 g/mol. The summed E-state index contributed by atoms with van der Waals surface area (Å²) >= 11 is 0. The summed E-state index contributed by atoms with van der Waals surface area (Å²) in [5.41, 5.74) is 2.11. The average Bonchev–Trinajstić information content (AvgIpc) is 2.31. The minimum absolute atomic E-state index is 0.150. The van der Waals surface area contributed by atoms with Crippen LogP contribution < -0.4 is 5.32 Å². The third-order valence-electron chi connectivity index (χ3n) is 2.51. The predicted octanol–water partition coefficient (Wildman–Crippen LogP) is 3.54. The Labute approximate surface area is 97.4 Å². The molecule has 86 valence electrons. The Bertz CT molecular complexity index is 358. The second-order valence-electron chi connectivity index (χ2n) is 3.81. The largest absolute Gasteiger partial charge is 0.322 e. The standard InChI is InChI=1S/C14H19NO/c1-3-5-6-9-12-10-7-8-11-13(12)15-14(16)4-2/h4,7-8,10-11H,2-3,5-6,9H2,1H3,(H,15,16). The molecule has 1 aromatic rings. The van der Waals surface area contributed by atoms with Crippen molar-refractivity contribution in [2.45, 2.75) is 32.6 Å². The maximum absolute atomic E-state index is 11.2. The molecule has 0 spiro atoms. The highest BCUT2D eigenvalue weighted by molar-refractivity contribution is 5.99. The van der Waals surface area contributed by atoms with Gasteiger partial charge in [-0.15, -0.1) is 0 Å². The van der Waals surface area contributed by atoms with Gasteiger partial charge in [-0.1, -0.05) is 44.5 Å². The number of carbonyl (C=O) groups is 1. The molecular weight excluding hydrogens is 198 g/mol. The fraction of sp³-hybridized carbons (Fsp3) is 0.357. The molecule has 16 heavy (non-hydrogen) atoms. The molecule has 1 N–H and O–H groups in total. The summed E-state index contributed by atoms with van der Waals surface area (Å²) in [6.45, 7) is 5.64. The number of nitrogens with one attached hydrogen (secondary N) is 1. The van der Waals surface area contributed by atoms with Gasteiger partial charge in [0.15, 0.2) is 0 Å². The van der Waals surface area contributed by atoms with Crippen molar-refractivity contribution in [3.05, 3.63) is 42.5 Å². The Morgan fingerprint density at radius 2 is 2.12 bits per heavy atom. The van der Waals surface area contributed by atoms with E-state index in [9.17, 15) is 4.79 Å². The van der Waals surface area contributed by atoms with E-state index < -0.39 is 0 Å². The number of para-hydroxylation sites is 1. The Balaban J connectivity index is 2.67. The molecule has 0 radical (unpaired) electrons. The summed E-state index contributed by atoms with van der Waals surface area (Å²) in [5, 5.41) is 2.83. The van der Waals surface area contributed by atoms with Gasteiger partial charge >= 0.3 is 0 Å². The van der Waals surface area contributed by atoms with Gasteiger partial charge in [0.05, 0.1) is 0 Å². The van der Waals surface area contributed by atoms with E-state index in [-0.39, 0.29) is 5.91 Å². The van der Waals surface area contributed by atoms with Crippen LogP contribution in [0.3, 0.4) is 0 Å². The number of aryl methyl sites for hydroxylation is 1. The van der Waals surface area contributed by atoms with E-state index >= 15 is 0 Å². The Morgan fingerprint density at radius 1 is 1.38 bits per heavy atom. The van der Waals surface area contributed by atoms with Crippen LogP contribution >= 0.6 is 0 Å². The monoisotopic (exact) mass is 217 g/mol. The van der Waals surface area contributed by atoms with Gasteiger partial charge in [0.1, 0.15) is 0 Å². The van der Waals surface area contributed by atoms with Crippen LogP contribution in [0.15, 0.2) is 36.9 Å². The van der Waals surface area contributed by atoms with Crippen LogP contribution in [0.25, 0.3) is 0 Å².